The average Bonchev–Trinajstić information content (AvgIpc) is 2.60. The number of nitrogens with one attached hydrogen (secondary N) is 2. The lowest BCUT2D eigenvalue weighted by Crippen LogP contribution is -2.43. The van der Waals surface area contributed by atoms with Crippen molar-refractivity contribution >= 4 is 6.09 Å². The molecule has 0 aromatic carbocycles. The van der Waals surface area contributed by atoms with Crippen LogP contribution in [0.2, 0.25) is 0 Å². The Balaban J connectivity index is 2.63. The molecule has 1 heterocycles. The van der Waals surface area contributed by atoms with Crippen LogP contribution in [0.25, 0.3) is 0 Å². The van der Waals surface area contributed by atoms with Gasteiger partial charge in [-0.05, 0) is 26.7 Å². The van der Waals surface area contributed by atoms with Gasteiger partial charge in [0.25, 0.3) is 0 Å². The van der Waals surface area contributed by atoms with E-state index in [9.17, 15) is 9.59 Å². The van der Waals surface area contributed by atoms with Crippen molar-refractivity contribution in [2.45, 2.75) is 52.7 Å². The summed E-state index contributed by atoms with van der Waals surface area (Å²) in [6.07, 6.45) is -0.111. The Labute approximate surface area is 111 Å². The highest BCUT2D eigenvalue weighted by atomic mass is 16.6. The second-order valence-corrected chi connectivity index (χ2v) is 5.73. The van der Waals surface area contributed by atoms with Crippen LogP contribution in [0.4, 0.5) is 4.79 Å². The minimum Gasteiger partial charge on any atom is -0.444 e. The van der Waals surface area contributed by atoms with Gasteiger partial charge >= 0.3 is 11.8 Å². The summed E-state index contributed by atoms with van der Waals surface area (Å²) in [5.74, 6) is -0.109. The Kier molecular flexibility index (Phi) is 4.74. The maximum Gasteiger partial charge on any atom is 0.459 e. The molecular weight excluding hydrogens is 250 g/mol. The zero-order chi connectivity index (χ0) is 14.6. The molecule has 1 rings (SSSR count). The van der Waals surface area contributed by atoms with Gasteiger partial charge in [0.05, 0.1) is 0 Å². The van der Waals surface area contributed by atoms with E-state index in [1.165, 1.54) is 0 Å². The molecule has 0 aliphatic carbocycles. The Bertz CT molecular complexity index is 470. The van der Waals surface area contributed by atoms with Crippen molar-refractivity contribution < 1.29 is 14.1 Å². The van der Waals surface area contributed by atoms with Crippen molar-refractivity contribution in [3.05, 3.63) is 16.4 Å². The van der Waals surface area contributed by atoms with Crippen LogP contribution in [0.1, 0.15) is 40.4 Å². The Morgan fingerprint density at radius 3 is 2.53 bits per heavy atom. The smallest absolute Gasteiger partial charge is 0.444 e. The predicted octanol–water partition coefficient (Wildman–Crippen LogP) is 1.45. The van der Waals surface area contributed by atoms with Gasteiger partial charge in [-0.25, -0.2) is 14.7 Å². The normalized spacial score (nSPS) is 13.4. The summed E-state index contributed by atoms with van der Waals surface area (Å²) in [6, 6.07) is -0.199. The van der Waals surface area contributed by atoms with Crippen LogP contribution in [0.15, 0.2) is 9.32 Å². The van der Waals surface area contributed by atoms with E-state index >= 15 is 0 Å². The first-order chi connectivity index (χ1) is 8.67. The van der Waals surface area contributed by atoms with Crippen LogP contribution in [0, 0.1) is 5.92 Å². The molecule has 7 heteroatoms. The molecule has 0 fully saturated rings. The number of aromatic nitrogens is 2. The third-order valence-electron chi connectivity index (χ3n) is 2.40. The summed E-state index contributed by atoms with van der Waals surface area (Å²) in [7, 11) is 0. The fourth-order valence-electron chi connectivity index (χ4n) is 1.47. The molecule has 0 saturated carbocycles. The van der Waals surface area contributed by atoms with Crippen molar-refractivity contribution in [1.82, 2.24) is 15.5 Å². The zero-order valence-electron chi connectivity index (χ0n) is 11.9. The van der Waals surface area contributed by atoms with E-state index < -0.39 is 17.5 Å². The monoisotopic (exact) mass is 271 g/mol. The van der Waals surface area contributed by atoms with Crippen LogP contribution in [-0.4, -0.2) is 27.9 Å². The fraction of sp³-hybridized carbons (Fsp3) is 0.750. The Morgan fingerprint density at radius 1 is 1.47 bits per heavy atom. The van der Waals surface area contributed by atoms with Crippen molar-refractivity contribution in [3.63, 3.8) is 0 Å². The molecule has 1 atom stereocenters. The van der Waals surface area contributed by atoms with Crippen LogP contribution in [0.3, 0.4) is 0 Å². The van der Waals surface area contributed by atoms with Crippen LogP contribution >= 0.6 is 0 Å². The van der Waals surface area contributed by atoms with E-state index in [1.54, 1.807) is 20.8 Å². The molecule has 108 valence electrons. The highest BCUT2D eigenvalue weighted by Gasteiger charge is 2.22. The van der Waals surface area contributed by atoms with Crippen LogP contribution in [-0.2, 0) is 11.2 Å². The maximum absolute atomic E-state index is 11.7. The molecule has 1 aromatic rings. The van der Waals surface area contributed by atoms with Gasteiger partial charge < -0.3 is 14.6 Å². The number of alkyl carbamates (subject to hydrolysis) is 1. The quantitative estimate of drug-likeness (QED) is 0.864. The summed E-state index contributed by atoms with van der Waals surface area (Å²) >= 11 is 0. The number of carbonyl (C=O) groups excluding carboxylic acids is 1. The van der Waals surface area contributed by atoms with Gasteiger partial charge in [0, 0.05) is 12.5 Å². The largest absolute Gasteiger partial charge is 0.459 e. The lowest BCUT2D eigenvalue weighted by molar-refractivity contribution is 0.0489. The summed E-state index contributed by atoms with van der Waals surface area (Å²) in [5.41, 5.74) is -0.548. The van der Waals surface area contributed by atoms with E-state index in [0.717, 1.165) is 0 Å². The van der Waals surface area contributed by atoms with Gasteiger partial charge in [0.1, 0.15) is 11.4 Å². The lowest BCUT2D eigenvalue weighted by atomic mass is 10.0. The van der Waals surface area contributed by atoms with E-state index in [2.05, 4.69) is 20.0 Å². The van der Waals surface area contributed by atoms with Gasteiger partial charge in [-0.15, -0.1) is 0 Å². The van der Waals surface area contributed by atoms with E-state index in [4.69, 9.17) is 4.74 Å². The molecule has 7 nitrogen and oxygen atoms in total. The van der Waals surface area contributed by atoms with E-state index in [0.29, 0.717) is 12.2 Å². The third-order valence-corrected chi connectivity index (χ3v) is 2.40. The molecule has 1 amide bonds. The Morgan fingerprint density at radius 2 is 2.11 bits per heavy atom. The summed E-state index contributed by atoms with van der Waals surface area (Å²) in [4.78, 5) is 26.2. The van der Waals surface area contributed by atoms with Gasteiger partial charge in [0.15, 0.2) is 0 Å². The SMILES string of the molecule is CC(C)[C@H](Cc1nc(=O)o[nH]1)NC(=O)OC(C)(C)C. The number of carbonyl (C=O) groups is 1. The van der Waals surface area contributed by atoms with Gasteiger partial charge in [-0.1, -0.05) is 13.8 Å². The summed E-state index contributed by atoms with van der Waals surface area (Å²) < 4.78 is 9.69. The fourth-order valence-corrected chi connectivity index (χ4v) is 1.47. The van der Waals surface area contributed by atoms with Gasteiger partial charge in [-0.3, -0.25) is 0 Å². The first kappa shape index (κ1) is 15.3. The summed E-state index contributed by atoms with van der Waals surface area (Å²) in [6.45, 7) is 9.31. The van der Waals surface area contributed by atoms with E-state index in [1.807, 2.05) is 13.8 Å². The first-order valence-corrected chi connectivity index (χ1v) is 6.21. The molecular formula is C12H21N3O4. The van der Waals surface area contributed by atoms with Gasteiger partial charge in [-0.2, -0.15) is 4.98 Å². The van der Waals surface area contributed by atoms with Crippen molar-refractivity contribution in [1.29, 1.82) is 0 Å². The van der Waals surface area contributed by atoms with Crippen LogP contribution in [0.5, 0.6) is 0 Å². The average molecular weight is 271 g/mol. The number of nitrogens with zero attached hydrogens (tertiary/aromatic N) is 1. The number of ether oxygens (including phenoxy) is 1. The third kappa shape index (κ3) is 5.58. The first-order valence-electron chi connectivity index (χ1n) is 6.21. The highest BCUT2D eigenvalue weighted by Crippen LogP contribution is 2.10. The maximum atomic E-state index is 11.7. The number of rotatable bonds is 4. The standard InChI is InChI=1S/C12H21N3O4/c1-7(2)8(6-9-14-11(17)19-15-9)13-10(16)18-12(3,4)5/h7-8H,6H2,1-5H3,(H,13,16)(H,14,15,17)/t8-/m0/s1. The molecule has 1 aromatic heterocycles. The molecule has 0 bridgehead atoms. The number of aromatic amines is 1. The number of H-pyrrole nitrogens is 1. The topological polar surface area (TPSA) is 97.2 Å². The second-order valence-electron chi connectivity index (χ2n) is 5.73. The number of hydrogen-bond donors (Lipinski definition) is 2. The molecule has 0 aliphatic heterocycles. The molecule has 2 N–H and O–H groups in total. The minimum atomic E-state index is -0.672. The molecule has 0 radical (unpaired) electrons. The Hall–Kier alpha value is -1.79. The molecule has 0 unspecified atom stereocenters. The van der Waals surface area contributed by atoms with Crippen molar-refractivity contribution in [2.24, 2.45) is 5.92 Å². The second kappa shape index (κ2) is 5.90. The predicted molar refractivity (Wildman–Crippen MR) is 68.8 cm³/mol. The molecule has 0 spiro atoms. The van der Waals surface area contributed by atoms with Crippen molar-refractivity contribution in [3.8, 4) is 0 Å². The van der Waals surface area contributed by atoms with Crippen molar-refractivity contribution in [2.75, 3.05) is 0 Å². The molecule has 0 aliphatic rings. The molecule has 0 saturated heterocycles. The molecule has 19 heavy (non-hydrogen) atoms. The van der Waals surface area contributed by atoms with Crippen LogP contribution < -0.4 is 11.1 Å². The number of amides is 1. The van der Waals surface area contributed by atoms with Gasteiger partial charge in [0.2, 0.25) is 0 Å². The number of hydrogen-bond acceptors (Lipinski definition) is 5. The highest BCUT2D eigenvalue weighted by molar-refractivity contribution is 5.68. The van der Waals surface area contributed by atoms with E-state index in [-0.39, 0.29) is 12.0 Å². The minimum absolute atomic E-state index is 0.160. The lowest BCUT2D eigenvalue weighted by Gasteiger charge is -2.25. The summed E-state index contributed by atoms with van der Waals surface area (Å²) in [5, 5.41) is 5.19. The zero-order valence-corrected chi connectivity index (χ0v) is 11.9.